The number of thiophene rings is 1. The highest BCUT2D eigenvalue weighted by atomic mass is 32.1. The van der Waals surface area contributed by atoms with Gasteiger partial charge in [-0.05, 0) is 23.6 Å². The molecule has 0 radical (unpaired) electrons. The summed E-state index contributed by atoms with van der Waals surface area (Å²) in [5, 5.41) is 1.07. The molecule has 3 heteroatoms. The lowest BCUT2D eigenvalue weighted by Crippen LogP contribution is -1.80. The SMILES string of the molecule is Nc1ccc2cc(CF)sc2c1. The molecule has 1 nitrogen and oxygen atoms in total. The summed E-state index contributed by atoms with van der Waals surface area (Å²) in [4.78, 5) is 0.760. The molecule has 12 heavy (non-hydrogen) atoms. The molecule has 0 amide bonds. The summed E-state index contributed by atoms with van der Waals surface area (Å²) in [6, 6.07) is 7.48. The molecule has 0 aliphatic heterocycles. The number of hydrogen-bond acceptors (Lipinski definition) is 2. The molecule has 0 spiro atoms. The van der Waals surface area contributed by atoms with Crippen LogP contribution in [-0.2, 0) is 6.67 Å². The first-order chi connectivity index (χ1) is 5.79. The van der Waals surface area contributed by atoms with Crippen LogP contribution in [0, 0.1) is 0 Å². The number of anilines is 1. The van der Waals surface area contributed by atoms with Crippen LogP contribution < -0.4 is 5.73 Å². The Hall–Kier alpha value is -1.09. The van der Waals surface area contributed by atoms with Crippen molar-refractivity contribution < 1.29 is 4.39 Å². The zero-order chi connectivity index (χ0) is 8.55. The van der Waals surface area contributed by atoms with Crippen molar-refractivity contribution in [3.05, 3.63) is 29.1 Å². The number of benzene rings is 1. The van der Waals surface area contributed by atoms with Crippen LogP contribution in [0.2, 0.25) is 0 Å². The van der Waals surface area contributed by atoms with Crippen molar-refractivity contribution in [2.45, 2.75) is 6.67 Å². The molecule has 1 aromatic carbocycles. The molecule has 1 aromatic heterocycles. The molecule has 1 heterocycles. The van der Waals surface area contributed by atoms with Gasteiger partial charge in [-0.1, -0.05) is 6.07 Å². The normalized spacial score (nSPS) is 10.8. The van der Waals surface area contributed by atoms with Gasteiger partial charge in [0.25, 0.3) is 0 Å². The molecule has 0 saturated carbocycles. The number of alkyl halides is 1. The molecule has 0 bridgehead atoms. The highest BCUT2D eigenvalue weighted by Gasteiger charge is 2.00. The van der Waals surface area contributed by atoms with Crippen LogP contribution in [0.3, 0.4) is 0 Å². The van der Waals surface area contributed by atoms with E-state index in [9.17, 15) is 4.39 Å². The van der Waals surface area contributed by atoms with Crippen molar-refractivity contribution in [1.82, 2.24) is 0 Å². The van der Waals surface area contributed by atoms with E-state index in [2.05, 4.69) is 0 Å². The largest absolute Gasteiger partial charge is 0.399 e. The number of hydrogen-bond donors (Lipinski definition) is 1. The second-order valence-corrected chi connectivity index (χ2v) is 3.81. The number of nitrogen functional groups attached to an aromatic ring is 1. The van der Waals surface area contributed by atoms with Crippen molar-refractivity contribution in [3.8, 4) is 0 Å². The van der Waals surface area contributed by atoms with Crippen LogP contribution in [0.1, 0.15) is 4.88 Å². The lowest BCUT2D eigenvalue weighted by Gasteiger charge is -1.90. The standard InChI is InChI=1S/C9H8FNS/c10-5-8-3-6-1-2-7(11)4-9(6)12-8/h1-4H,5,11H2. The molecule has 62 valence electrons. The van der Waals surface area contributed by atoms with Gasteiger partial charge in [0.2, 0.25) is 0 Å². The Balaban J connectivity index is 2.67. The molecule has 2 N–H and O–H groups in total. The average Bonchev–Trinajstić information content (AvgIpc) is 2.46. The summed E-state index contributed by atoms with van der Waals surface area (Å²) in [6.45, 7) is -0.390. The zero-order valence-corrected chi connectivity index (χ0v) is 7.20. The molecule has 0 aliphatic carbocycles. The van der Waals surface area contributed by atoms with Crippen LogP contribution in [0.15, 0.2) is 24.3 Å². The predicted molar refractivity (Wildman–Crippen MR) is 51.0 cm³/mol. The predicted octanol–water partition coefficient (Wildman–Crippen LogP) is 2.95. The number of halogens is 1. The fourth-order valence-corrected chi connectivity index (χ4v) is 2.13. The minimum absolute atomic E-state index is 0.390. The molecule has 0 fully saturated rings. The van der Waals surface area contributed by atoms with Crippen molar-refractivity contribution in [1.29, 1.82) is 0 Å². The first-order valence-electron chi connectivity index (χ1n) is 3.63. The first kappa shape index (κ1) is 7.55. The van der Waals surface area contributed by atoms with Gasteiger partial charge < -0.3 is 5.73 Å². The van der Waals surface area contributed by atoms with Gasteiger partial charge >= 0.3 is 0 Å². The van der Waals surface area contributed by atoms with Gasteiger partial charge in [-0.2, -0.15) is 0 Å². The van der Waals surface area contributed by atoms with Gasteiger partial charge in [-0.25, -0.2) is 4.39 Å². The van der Waals surface area contributed by atoms with E-state index in [4.69, 9.17) is 5.73 Å². The van der Waals surface area contributed by atoms with Crippen molar-refractivity contribution in [2.24, 2.45) is 0 Å². The van der Waals surface area contributed by atoms with Crippen LogP contribution >= 0.6 is 11.3 Å². The summed E-state index contributed by atoms with van der Waals surface area (Å²) < 4.78 is 13.3. The lowest BCUT2D eigenvalue weighted by atomic mass is 10.2. The minimum atomic E-state index is -0.390. The Labute approximate surface area is 73.6 Å². The van der Waals surface area contributed by atoms with E-state index < -0.39 is 0 Å². The molecule has 2 rings (SSSR count). The fraction of sp³-hybridized carbons (Fsp3) is 0.111. The lowest BCUT2D eigenvalue weighted by molar-refractivity contribution is 0.491. The van der Waals surface area contributed by atoms with E-state index in [0.717, 1.165) is 20.7 Å². The number of rotatable bonds is 1. The Kier molecular flexibility index (Phi) is 1.73. The minimum Gasteiger partial charge on any atom is -0.399 e. The molecule has 0 saturated heterocycles. The summed E-state index contributed by atoms with van der Waals surface area (Å²) in [5.74, 6) is 0. The van der Waals surface area contributed by atoms with Gasteiger partial charge in [0.05, 0.1) is 0 Å². The Bertz CT molecular complexity index is 408. The van der Waals surface area contributed by atoms with Gasteiger partial charge in [0.1, 0.15) is 6.67 Å². The molecule has 0 aliphatic rings. The molecular formula is C9H8FNS. The van der Waals surface area contributed by atoms with Crippen molar-refractivity contribution in [2.75, 3.05) is 5.73 Å². The third kappa shape index (κ3) is 1.16. The van der Waals surface area contributed by atoms with Crippen LogP contribution in [0.5, 0.6) is 0 Å². The molecule has 0 atom stereocenters. The molecule has 2 aromatic rings. The highest BCUT2D eigenvalue weighted by molar-refractivity contribution is 7.19. The van der Waals surface area contributed by atoms with Crippen LogP contribution in [0.4, 0.5) is 10.1 Å². The van der Waals surface area contributed by atoms with Crippen molar-refractivity contribution in [3.63, 3.8) is 0 Å². The molecular weight excluding hydrogens is 173 g/mol. The quantitative estimate of drug-likeness (QED) is 0.672. The van der Waals surface area contributed by atoms with Gasteiger partial charge in [0.15, 0.2) is 0 Å². The summed E-state index contributed by atoms with van der Waals surface area (Å²) >= 11 is 1.46. The third-order valence-corrected chi connectivity index (χ3v) is 2.79. The Morgan fingerprint density at radius 3 is 2.92 bits per heavy atom. The van der Waals surface area contributed by atoms with Crippen molar-refractivity contribution >= 4 is 27.1 Å². The van der Waals surface area contributed by atoms with E-state index in [-0.39, 0.29) is 6.67 Å². The maximum atomic E-state index is 12.2. The van der Waals surface area contributed by atoms with Gasteiger partial charge in [-0.3, -0.25) is 0 Å². The summed E-state index contributed by atoms with van der Waals surface area (Å²) in [5.41, 5.74) is 6.32. The average molecular weight is 181 g/mol. The van der Waals surface area contributed by atoms with E-state index in [0.29, 0.717) is 0 Å². The number of fused-ring (bicyclic) bond motifs is 1. The van der Waals surface area contributed by atoms with E-state index in [1.807, 2.05) is 24.3 Å². The summed E-state index contributed by atoms with van der Waals surface area (Å²) in [7, 11) is 0. The van der Waals surface area contributed by atoms with E-state index >= 15 is 0 Å². The topological polar surface area (TPSA) is 26.0 Å². The Morgan fingerprint density at radius 1 is 1.33 bits per heavy atom. The smallest absolute Gasteiger partial charge is 0.124 e. The maximum absolute atomic E-state index is 12.2. The van der Waals surface area contributed by atoms with E-state index in [1.165, 1.54) is 11.3 Å². The maximum Gasteiger partial charge on any atom is 0.124 e. The van der Waals surface area contributed by atoms with Gasteiger partial charge in [0, 0.05) is 15.3 Å². The highest BCUT2D eigenvalue weighted by Crippen LogP contribution is 2.27. The zero-order valence-electron chi connectivity index (χ0n) is 6.38. The fourth-order valence-electron chi connectivity index (χ4n) is 1.17. The second kappa shape index (κ2) is 2.75. The third-order valence-electron chi connectivity index (χ3n) is 1.73. The van der Waals surface area contributed by atoms with Gasteiger partial charge in [-0.15, -0.1) is 11.3 Å². The van der Waals surface area contributed by atoms with Crippen LogP contribution in [-0.4, -0.2) is 0 Å². The van der Waals surface area contributed by atoms with E-state index in [1.54, 1.807) is 0 Å². The first-order valence-corrected chi connectivity index (χ1v) is 4.45. The monoisotopic (exact) mass is 181 g/mol. The Morgan fingerprint density at radius 2 is 2.17 bits per heavy atom. The number of nitrogens with two attached hydrogens (primary N) is 1. The molecule has 0 unspecified atom stereocenters. The van der Waals surface area contributed by atoms with Crippen LogP contribution in [0.25, 0.3) is 10.1 Å². The second-order valence-electron chi connectivity index (χ2n) is 2.64. The summed E-state index contributed by atoms with van der Waals surface area (Å²) in [6.07, 6.45) is 0.